The molecule has 9 heteroatoms. The van der Waals surface area contributed by atoms with E-state index in [4.69, 9.17) is 11.6 Å². The van der Waals surface area contributed by atoms with E-state index in [-0.39, 0.29) is 22.0 Å². The molecule has 0 N–H and O–H groups in total. The van der Waals surface area contributed by atoms with Gasteiger partial charge in [-0.2, -0.15) is 9.78 Å². The van der Waals surface area contributed by atoms with E-state index >= 15 is 0 Å². The summed E-state index contributed by atoms with van der Waals surface area (Å²) < 4.78 is 50.0. The molecule has 3 aromatic carbocycles. The monoisotopic (exact) mass is 471 g/mol. The summed E-state index contributed by atoms with van der Waals surface area (Å²) >= 11 is 3.64. The lowest BCUT2D eigenvalue weighted by molar-refractivity contribution is 0.536. The van der Waals surface area contributed by atoms with Crippen LogP contribution in [0.25, 0.3) is 27.9 Å². The van der Waals surface area contributed by atoms with Crippen LogP contribution in [0.5, 0.6) is 0 Å². The van der Waals surface area contributed by atoms with Crippen molar-refractivity contribution in [2.45, 2.75) is 5.75 Å². The summed E-state index contributed by atoms with van der Waals surface area (Å²) in [7, 11) is 0. The Kier molecular flexibility index (Phi) is 6.27. The molecule has 0 fully saturated rings. The van der Waals surface area contributed by atoms with Crippen molar-refractivity contribution in [3.05, 3.63) is 106 Å². The average Bonchev–Trinajstić information content (AvgIpc) is 2.76. The summed E-state index contributed by atoms with van der Waals surface area (Å²) in [5, 5.41) is 4.06. The molecule has 1 aromatic heterocycles. The summed E-state index contributed by atoms with van der Waals surface area (Å²) in [5.41, 5.74) is 2.15. The third-order valence-corrected chi connectivity index (χ3v) is 5.67. The molecule has 32 heavy (non-hydrogen) atoms. The van der Waals surface area contributed by atoms with E-state index < -0.39 is 28.3 Å². The molecule has 1 atom stereocenters. The maximum Gasteiger partial charge on any atom is 0.279 e. The Hall–Kier alpha value is -3.20. The van der Waals surface area contributed by atoms with E-state index in [0.29, 0.717) is 22.3 Å². The van der Waals surface area contributed by atoms with Crippen LogP contribution in [-0.2, 0) is 16.8 Å². The zero-order chi connectivity index (χ0) is 22.8. The molecule has 5 nitrogen and oxygen atoms in total. The van der Waals surface area contributed by atoms with Gasteiger partial charge in [-0.25, -0.2) is 8.78 Å². The van der Waals surface area contributed by atoms with Crippen molar-refractivity contribution in [1.29, 1.82) is 0 Å². The van der Waals surface area contributed by atoms with Gasteiger partial charge in [-0.05, 0) is 47.0 Å². The van der Waals surface area contributed by atoms with E-state index in [2.05, 4.69) is 5.10 Å². The molecule has 0 spiro atoms. The highest BCUT2D eigenvalue weighted by Gasteiger charge is 2.17. The van der Waals surface area contributed by atoms with Crippen molar-refractivity contribution in [2.75, 3.05) is 0 Å². The minimum Gasteiger partial charge on any atom is -0.772 e. The molecule has 0 aliphatic heterocycles. The van der Waals surface area contributed by atoms with Gasteiger partial charge >= 0.3 is 0 Å². The van der Waals surface area contributed by atoms with Crippen LogP contribution in [0, 0.1) is 11.6 Å². The molecule has 0 aliphatic rings. The van der Waals surface area contributed by atoms with Gasteiger partial charge < -0.3 is 4.55 Å². The molecule has 0 amide bonds. The highest BCUT2D eigenvalue weighted by atomic mass is 35.5. The van der Waals surface area contributed by atoms with Gasteiger partial charge in [0.1, 0.15) is 11.6 Å². The fourth-order valence-electron chi connectivity index (χ4n) is 3.29. The van der Waals surface area contributed by atoms with Gasteiger partial charge in [0.15, 0.2) is 0 Å². The number of nitrogens with zero attached hydrogens (tertiary/aromatic N) is 2. The van der Waals surface area contributed by atoms with E-state index in [0.717, 1.165) is 10.7 Å². The summed E-state index contributed by atoms with van der Waals surface area (Å²) in [5.74, 6) is -1.21. The summed E-state index contributed by atoms with van der Waals surface area (Å²) in [6.45, 7) is 0. The van der Waals surface area contributed by atoms with Gasteiger partial charge in [0.25, 0.3) is 5.56 Å². The summed E-state index contributed by atoms with van der Waals surface area (Å²) in [6, 6.07) is 15.9. The van der Waals surface area contributed by atoms with Gasteiger partial charge in [-0.1, -0.05) is 59.1 Å². The van der Waals surface area contributed by atoms with Gasteiger partial charge in [-0.15, -0.1) is 0 Å². The molecule has 0 aliphatic carbocycles. The molecule has 0 radical (unpaired) electrons. The first-order valence-corrected chi connectivity index (χ1v) is 10.9. The van der Waals surface area contributed by atoms with Gasteiger partial charge in [0.05, 0.1) is 22.5 Å². The molecule has 0 saturated carbocycles. The summed E-state index contributed by atoms with van der Waals surface area (Å²) in [4.78, 5) is 13.4. The number of rotatable bonds is 5. The largest absolute Gasteiger partial charge is 0.772 e. The maximum absolute atomic E-state index is 13.6. The first-order chi connectivity index (χ1) is 15.3. The van der Waals surface area contributed by atoms with Crippen LogP contribution < -0.4 is 5.56 Å². The molecule has 1 unspecified atom stereocenters. The van der Waals surface area contributed by atoms with E-state index in [9.17, 15) is 22.3 Å². The van der Waals surface area contributed by atoms with E-state index in [1.54, 1.807) is 24.3 Å². The summed E-state index contributed by atoms with van der Waals surface area (Å²) in [6.07, 6.45) is 1.47. The molecule has 0 saturated heterocycles. The first kappa shape index (κ1) is 22.0. The Bertz CT molecular complexity index is 1370. The number of hydrogen-bond donors (Lipinski definition) is 0. The molecular weight excluding hydrogens is 458 g/mol. The van der Waals surface area contributed by atoms with Crippen molar-refractivity contribution in [1.82, 2.24) is 9.78 Å². The lowest BCUT2D eigenvalue weighted by atomic mass is 9.96. The predicted octanol–water partition coefficient (Wildman–Crippen LogP) is 4.88. The van der Waals surface area contributed by atoms with Crippen LogP contribution in [0.2, 0.25) is 5.02 Å². The van der Waals surface area contributed by atoms with Crippen molar-refractivity contribution in [3.8, 4) is 27.9 Å². The van der Waals surface area contributed by atoms with Crippen LogP contribution in [0.15, 0.2) is 77.7 Å². The van der Waals surface area contributed by atoms with E-state index in [1.807, 2.05) is 0 Å². The Labute approximate surface area is 189 Å². The predicted molar refractivity (Wildman–Crippen MR) is 118 cm³/mol. The van der Waals surface area contributed by atoms with Crippen LogP contribution in [-0.4, -0.2) is 18.5 Å². The third kappa shape index (κ3) is 4.52. The molecule has 1 heterocycles. The molecule has 0 bridgehead atoms. The van der Waals surface area contributed by atoms with Crippen molar-refractivity contribution >= 4 is 22.7 Å². The normalized spacial score (nSPS) is 12.0. The standard InChI is InChI=1S/C23H15ClF2N2O3S/c24-20-11-18(9-10-21(20)26)28-23(29)22(16-5-7-17(25)8-6-16)19(12-27-28)15-3-1-14(2-4-15)13-32(30)31/h1-12H,13H2,(H,30,31)/p-1. The third-order valence-electron chi connectivity index (χ3n) is 4.81. The molecule has 162 valence electrons. The number of halogens is 3. The van der Waals surface area contributed by atoms with Gasteiger partial charge in [-0.3, -0.25) is 9.00 Å². The van der Waals surface area contributed by atoms with Crippen LogP contribution in [0.3, 0.4) is 0 Å². The Morgan fingerprint density at radius 1 is 0.969 bits per heavy atom. The smallest absolute Gasteiger partial charge is 0.279 e. The maximum atomic E-state index is 13.6. The SMILES string of the molecule is O=c1c(-c2ccc(F)cc2)c(-c2ccc(CS(=O)[O-])cc2)cnn1-c1ccc(F)c(Cl)c1. The Morgan fingerprint density at radius 2 is 1.62 bits per heavy atom. The van der Waals surface area contributed by atoms with Crippen LogP contribution in [0.1, 0.15) is 5.56 Å². The topological polar surface area (TPSA) is 75.0 Å². The highest BCUT2D eigenvalue weighted by molar-refractivity contribution is 7.78. The molecule has 4 rings (SSSR count). The zero-order valence-corrected chi connectivity index (χ0v) is 17.9. The second kappa shape index (κ2) is 9.12. The highest BCUT2D eigenvalue weighted by Crippen LogP contribution is 2.30. The van der Waals surface area contributed by atoms with Crippen LogP contribution >= 0.6 is 11.6 Å². The average molecular weight is 472 g/mol. The fourth-order valence-corrected chi connectivity index (χ4v) is 3.92. The lowest BCUT2D eigenvalue weighted by Crippen LogP contribution is -2.23. The second-order valence-electron chi connectivity index (χ2n) is 6.90. The van der Waals surface area contributed by atoms with Crippen LogP contribution in [0.4, 0.5) is 8.78 Å². The zero-order valence-electron chi connectivity index (χ0n) is 16.3. The Morgan fingerprint density at radius 3 is 2.25 bits per heavy atom. The minimum absolute atomic E-state index is 0.129. The van der Waals surface area contributed by atoms with Crippen molar-refractivity contribution in [2.24, 2.45) is 0 Å². The number of hydrogen-bond acceptors (Lipinski definition) is 4. The Balaban J connectivity index is 1.91. The van der Waals surface area contributed by atoms with E-state index in [1.165, 1.54) is 42.6 Å². The fraction of sp³-hybridized carbons (Fsp3) is 0.0435. The van der Waals surface area contributed by atoms with Crippen molar-refractivity contribution in [3.63, 3.8) is 0 Å². The quantitative estimate of drug-likeness (QED) is 0.389. The minimum atomic E-state index is -2.22. The number of aromatic nitrogens is 2. The lowest BCUT2D eigenvalue weighted by Gasteiger charge is -2.14. The van der Waals surface area contributed by atoms with Gasteiger partial charge in [0, 0.05) is 11.3 Å². The second-order valence-corrected chi connectivity index (χ2v) is 8.20. The number of benzene rings is 3. The molecular formula is C23H14ClF2N2O3S-. The molecule has 4 aromatic rings. The van der Waals surface area contributed by atoms with Crippen molar-refractivity contribution < 1.29 is 17.5 Å². The van der Waals surface area contributed by atoms with Gasteiger partial charge in [0.2, 0.25) is 0 Å². The first-order valence-electron chi connectivity index (χ1n) is 9.32.